The lowest BCUT2D eigenvalue weighted by Crippen LogP contribution is -2.29. The van der Waals surface area contributed by atoms with Crippen LogP contribution < -0.4 is 0 Å². The summed E-state index contributed by atoms with van der Waals surface area (Å²) < 4.78 is 0. The lowest BCUT2D eigenvalue weighted by Gasteiger charge is -2.28. The van der Waals surface area contributed by atoms with E-state index >= 15 is 0 Å². The maximum Gasteiger partial charge on any atom is 0.110 e. The van der Waals surface area contributed by atoms with Crippen LogP contribution in [0.15, 0.2) is 22.7 Å². The van der Waals surface area contributed by atoms with E-state index in [1.165, 1.54) is 0 Å². The van der Waals surface area contributed by atoms with Gasteiger partial charge >= 0.3 is 0 Å². The second-order valence-corrected chi connectivity index (χ2v) is 3.56. The molecule has 1 aliphatic heterocycles. The summed E-state index contributed by atoms with van der Waals surface area (Å²) in [6, 6.07) is 0.490. The van der Waals surface area contributed by atoms with E-state index in [-0.39, 0.29) is 0 Å². The normalized spacial score (nSPS) is 18.4. The van der Waals surface area contributed by atoms with Crippen LogP contribution in [-0.4, -0.2) is 25.3 Å². The average molecular weight is 165 g/mol. The van der Waals surface area contributed by atoms with Gasteiger partial charge in [-0.3, -0.25) is 0 Å². The Labute approximate surface area is 75.0 Å². The molecule has 0 aliphatic carbocycles. The molecule has 0 N–H and O–H groups in total. The van der Waals surface area contributed by atoms with Crippen molar-refractivity contribution in [2.75, 3.05) is 6.54 Å². The van der Waals surface area contributed by atoms with Crippen molar-refractivity contribution >= 4 is 20.5 Å². The van der Waals surface area contributed by atoms with E-state index in [1.807, 2.05) is 12.3 Å². The van der Waals surface area contributed by atoms with Gasteiger partial charge in [0.25, 0.3) is 0 Å². The summed E-state index contributed by atoms with van der Waals surface area (Å²) in [4.78, 5) is 3.10. The van der Waals surface area contributed by atoms with E-state index in [4.69, 9.17) is 7.85 Å². The summed E-state index contributed by atoms with van der Waals surface area (Å²) in [6.07, 6.45) is 3.91. The third-order valence-electron chi connectivity index (χ3n) is 1.66. The Balaban J connectivity index is 2.71. The number of nitrogens with zero attached hydrogens (tertiary/aromatic N) is 1. The Morgan fingerprint density at radius 2 is 2.27 bits per heavy atom. The Bertz CT molecular complexity index is 208. The highest BCUT2D eigenvalue weighted by Gasteiger charge is 2.09. The van der Waals surface area contributed by atoms with Crippen molar-refractivity contribution in [2.24, 2.45) is 0 Å². The minimum absolute atomic E-state index is 0.490. The zero-order valence-electron chi connectivity index (χ0n) is 6.91. The Morgan fingerprint density at radius 3 is 2.73 bits per heavy atom. The lowest BCUT2D eigenvalue weighted by molar-refractivity contribution is 0.336. The molecule has 0 saturated heterocycles. The van der Waals surface area contributed by atoms with Crippen LogP contribution in [0.2, 0.25) is 0 Å². The van der Waals surface area contributed by atoms with Gasteiger partial charge in [0.2, 0.25) is 0 Å². The largest absolute Gasteiger partial charge is 0.371 e. The number of hydrogen-bond acceptors (Lipinski definition) is 2. The molecule has 0 atom stereocenters. The number of hydrogen-bond donors (Lipinski definition) is 1. The van der Waals surface area contributed by atoms with Crippen molar-refractivity contribution < 1.29 is 0 Å². The van der Waals surface area contributed by atoms with Gasteiger partial charge in [0, 0.05) is 23.7 Å². The van der Waals surface area contributed by atoms with Crippen molar-refractivity contribution in [3.8, 4) is 0 Å². The van der Waals surface area contributed by atoms with Gasteiger partial charge in [0.1, 0.15) is 7.85 Å². The quantitative estimate of drug-likeness (QED) is 0.455. The van der Waals surface area contributed by atoms with Crippen LogP contribution >= 0.6 is 12.6 Å². The molecule has 1 rings (SSSR count). The van der Waals surface area contributed by atoms with Gasteiger partial charge < -0.3 is 4.90 Å². The first kappa shape index (κ1) is 8.79. The summed E-state index contributed by atoms with van der Waals surface area (Å²) in [5.41, 5.74) is 0.881. The Morgan fingerprint density at radius 1 is 1.64 bits per heavy atom. The van der Waals surface area contributed by atoms with Gasteiger partial charge in [-0.2, -0.15) is 0 Å². The van der Waals surface area contributed by atoms with Crippen LogP contribution in [-0.2, 0) is 0 Å². The third-order valence-corrected chi connectivity index (χ3v) is 1.90. The molecule has 0 saturated carbocycles. The summed E-state index contributed by atoms with van der Waals surface area (Å²) in [7, 11) is 5.68. The second kappa shape index (κ2) is 3.39. The van der Waals surface area contributed by atoms with Crippen LogP contribution in [0.3, 0.4) is 0 Å². The molecule has 11 heavy (non-hydrogen) atoms. The average Bonchev–Trinajstić information content (AvgIpc) is 1.85. The van der Waals surface area contributed by atoms with E-state index in [1.54, 1.807) is 0 Å². The maximum absolute atomic E-state index is 5.68. The first-order valence-corrected chi connectivity index (χ1v) is 4.17. The fraction of sp³-hybridized carbons (Fsp3) is 0.500. The predicted octanol–water partition coefficient (Wildman–Crippen LogP) is 1.53. The SMILES string of the molecule is [B]C1=CC(S)=CN(C(C)C)C1. The fourth-order valence-corrected chi connectivity index (χ4v) is 1.35. The fourth-order valence-electron chi connectivity index (χ4n) is 1.03. The first-order valence-electron chi connectivity index (χ1n) is 3.72. The summed E-state index contributed by atoms with van der Waals surface area (Å²) in [6.45, 7) is 5.09. The highest BCUT2D eigenvalue weighted by atomic mass is 32.1. The number of thiol groups is 1. The molecule has 0 aromatic rings. The molecule has 0 bridgehead atoms. The molecule has 0 spiro atoms. The van der Waals surface area contributed by atoms with Crippen molar-refractivity contribution in [1.82, 2.24) is 4.90 Å². The van der Waals surface area contributed by atoms with Crippen LogP contribution in [0.25, 0.3) is 0 Å². The van der Waals surface area contributed by atoms with Crippen LogP contribution in [0.1, 0.15) is 13.8 Å². The topological polar surface area (TPSA) is 3.24 Å². The summed E-state index contributed by atoms with van der Waals surface area (Å²) in [5, 5.41) is 0. The molecular weight excluding hydrogens is 153 g/mol. The molecule has 58 valence electrons. The molecule has 0 unspecified atom stereocenters. The molecule has 3 heteroatoms. The third kappa shape index (κ3) is 2.33. The van der Waals surface area contributed by atoms with Gasteiger partial charge in [0.15, 0.2) is 0 Å². The van der Waals surface area contributed by atoms with Crippen molar-refractivity contribution in [3.63, 3.8) is 0 Å². The van der Waals surface area contributed by atoms with Crippen molar-refractivity contribution in [2.45, 2.75) is 19.9 Å². The van der Waals surface area contributed by atoms with E-state index in [0.717, 1.165) is 16.9 Å². The molecule has 0 amide bonds. The monoisotopic (exact) mass is 165 g/mol. The van der Waals surface area contributed by atoms with Crippen LogP contribution in [0.5, 0.6) is 0 Å². The molecule has 0 aromatic heterocycles. The molecule has 1 aliphatic rings. The highest BCUT2D eigenvalue weighted by molar-refractivity contribution is 7.84. The second-order valence-electron chi connectivity index (χ2n) is 3.04. The van der Waals surface area contributed by atoms with Gasteiger partial charge in [-0.25, -0.2) is 0 Å². The minimum atomic E-state index is 0.490. The van der Waals surface area contributed by atoms with E-state index in [0.29, 0.717) is 6.04 Å². The van der Waals surface area contributed by atoms with E-state index < -0.39 is 0 Å². The van der Waals surface area contributed by atoms with Gasteiger partial charge in [-0.15, -0.1) is 12.6 Å². The van der Waals surface area contributed by atoms with E-state index in [9.17, 15) is 0 Å². The van der Waals surface area contributed by atoms with Crippen molar-refractivity contribution in [3.05, 3.63) is 22.7 Å². The zero-order chi connectivity index (χ0) is 8.43. The first-order chi connectivity index (χ1) is 5.09. The highest BCUT2D eigenvalue weighted by Crippen LogP contribution is 2.16. The van der Waals surface area contributed by atoms with Gasteiger partial charge in [-0.1, -0.05) is 11.5 Å². The molecule has 1 nitrogen and oxygen atoms in total. The molecule has 0 aromatic carbocycles. The number of rotatable bonds is 1. The Kier molecular flexibility index (Phi) is 2.71. The Hall–Kier alpha value is -0.305. The smallest absolute Gasteiger partial charge is 0.110 e. The minimum Gasteiger partial charge on any atom is -0.371 e. The molecule has 2 radical (unpaired) electrons. The summed E-state index contributed by atoms with van der Waals surface area (Å²) in [5.74, 6) is 0. The van der Waals surface area contributed by atoms with Crippen molar-refractivity contribution in [1.29, 1.82) is 0 Å². The number of allylic oxidation sites excluding steroid dienone is 1. The lowest BCUT2D eigenvalue weighted by atomic mass is 9.93. The molecule has 1 heterocycles. The van der Waals surface area contributed by atoms with Gasteiger partial charge in [-0.05, 0) is 13.8 Å². The standard InChI is InChI=1S/C8H12BNS/c1-6(2)10-4-7(9)3-8(11)5-10/h3,5-6,11H,4H2,1-2H3. The van der Waals surface area contributed by atoms with Crippen LogP contribution in [0, 0.1) is 0 Å². The zero-order valence-corrected chi connectivity index (χ0v) is 7.81. The van der Waals surface area contributed by atoms with Gasteiger partial charge in [0.05, 0.1) is 0 Å². The molecular formula is C8H12BNS. The van der Waals surface area contributed by atoms with Crippen LogP contribution in [0.4, 0.5) is 0 Å². The molecule has 0 fully saturated rings. The summed E-state index contributed by atoms with van der Waals surface area (Å²) >= 11 is 4.24. The predicted molar refractivity (Wildman–Crippen MR) is 52.7 cm³/mol. The maximum atomic E-state index is 5.68. The van der Waals surface area contributed by atoms with E-state index in [2.05, 4.69) is 31.4 Å².